The molecule has 0 spiro atoms. The maximum atomic E-state index is 11.6. The Kier molecular flexibility index (Phi) is 4.74. The second-order valence-electron chi connectivity index (χ2n) is 5.28. The quantitative estimate of drug-likeness (QED) is 0.889. The van der Waals surface area contributed by atoms with E-state index in [0.29, 0.717) is 19.1 Å². The Morgan fingerprint density at radius 3 is 2.90 bits per heavy atom. The summed E-state index contributed by atoms with van der Waals surface area (Å²) >= 11 is 0. The summed E-state index contributed by atoms with van der Waals surface area (Å²) in [6, 6.07) is 1.77. The summed E-state index contributed by atoms with van der Waals surface area (Å²) in [6.45, 7) is 2.93. The second-order valence-corrected chi connectivity index (χ2v) is 5.28. The molecule has 6 nitrogen and oxygen atoms in total. The molecule has 1 saturated carbocycles. The maximum absolute atomic E-state index is 11.6. The summed E-state index contributed by atoms with van der Waals surface area (Å²) in [5.74, 6) is 0.547. The molecule has 0 aromatic carbocycles. The first-order chi connectivity index (χ1) is 9.61. The van der Waals surface area contributed by atoms with Crippen LogP contribution in [-0.2, 0) is 11.3 Å². The topological polar surface area (TPSA) is 87.9 Å². The predicted octanol–water partition coefficient (Wildman–Crippen LogP) is 1.00. The molecule has 1 aliphatic carbocycles. The molecule has 1 fully saturated rings. The van der Waals surface area contributed by atoms with Crippen LogP contribution in [0.3, 0.4) is 0 Å². The highest BCUT2D eigenvalue weighted by atomic mass is 16.5. The summed E-state index contributed by atoms with van der Waals surface area (Å²) in [4.78, 5) is 25.0. The first kappa shape index (κ1) is 14.5. The summed E-state index contributed by atoms with van der Waals surface area (Å²) in [6.07, 6.45) is 6.22. The molecule has 0 radical (unpaired) electrons. The molecule has 0 saturated heterocycles. The fourth-order valence-electron chi connectivity index (χ4n) is 2.59. The van der Waals surface area contributed by atoms with E-state index in [0.717, 1.165) is 6.42 Å². The number of hydrogen-bond acceptors (Lipinski definition) is 4. The highest BCUT2D eigenvalue weighted by Gasteiger charge is 2.21. The van der Waals surface area contributed by atoms with Crippen molar-refractivity contribution < 1.29 is 4.74 Å². The van der Waals surface area contributed by atoms with E-state index >= 15 is 0 Å². The average molecular weight is 277 g/mol. The first-order valence-electron chi connectivity index (χ1n) is 6.97. The van der Waals surface area contributed by atoms with Gasteiger partial charge < -0.3 is 4.74 Å². The van der Waals surface area contributed by atoms with Gasteiger partial charge in [-0.2, -0.15) is 5.26 Å². The predicted molar refractivity (Wildman–Crippen MR) is 73.4 cm³/mol. The zero-order valence-corrected chi connectivity index (χ0v) is 11.6. The number of aromatic nitrogens is 2. The SMILES string of the molecule is C[C@@H]1CCCC[C@H]1OCCn1cc(C#N)c(=O)[nH]c1=O. The van der Waals surface area contributed by atoms with E-state index in [1.165, 1.54) is 30.0 Å². The largest absolute Gasteiger partial charge is 0.376 e. The maximum Gasteiger partial charge on any atom is 0.328 e. The van der Waals surface area contributed by atoms with Crippen LogP contribution in [0.4, 0.5) is 0 Å². The van der Waals surface area contributed by atoms with E-state index in [-0.39, 0.29) is 11.7 Å². The van der Waals surface area contributed by atoms with Crippen LogP contribution < -0.4 is 11.2 Å². The standard InChI is InChI=1S/C14H19N3O3/c1-10-4-2-3-5-12(10)20-7-6-17-9-11(8-15)13(18)16-14(17)19/h9-10,12H,2-7H2,1H3,(H,16,18,19)/t10-,12-/m1/s1. The molecule has 1 aromatic rings. The van der Waals surface area contributed by atoms with E-state index in [4.69, 9.17) is 10.00 Å². The Hall–Kier alpha value is -1.87. The number of nitrogens with zero attached hydrogens (tertiary/aromatic N) is 2. The van der Waals surface area contributed by atoms with Gasteiger partial charge in [-0.15, -0.1) is 0 Å². The minimum atomic E-state index is -0.643. The van der Waals surface area contributed by atoms with Crippen molar-refractivity contribution in [1.82, 2.24) is 9.55 Å². The Bertz CT molecular complexity index is 611. The number of hydrogen-bond donors (Lipinski definition) is 1. The lowest BCUT2D eigenvalue weighted by Crippen LogP contribution is -2.33. The number of nitriles is 1. The molecule has 0 unspecified atom stereocenters. The van der Waals surface area contributed by atoms with Gasteiger partial charge in [0.25, 0.3) is 5.56 Å². The third-order valence-corrected chi connectivity index (χ3v) is 3.83. The smallest absolute Gasteiger partial charge is 0.328 e. The zero-order chi connectivity index (χ0) is 14.5. The molecule has 1 aliphatic rings. The monoisotopic (exact) mass is 277 g/mol. The van der Waals surface area contributed by atoms with Gasteiger partial charge in [0.05, 0.1) is 19.3 Å². The van der Waals surface area contributed by atoms with Gasteiger partial charge >= 0.3 is 5.69 Å². The van der Waals surface area contributed by atoms with Gasteiger partial charge in [0.1, 0.15) is 11.6 Å². The lowest BCUT2D eigenvalue weighted by Gasteiger charge is -2.28. The normalized spacial score (nSPS) is 22.4. The third kappa shape index (κ3) is 3.36. The summed E-state index contributed by atoms with van der Waals surface area (Å²) in [5, 5.41) is 8.78. The van der Waals surface area contributed by atoms with Gasteiger partial charge in [-0.05, 0) is 18.8 Å². The van der Waals surface area contributed by atoms with Gasteiger partial charge in [-0.1, -0.05) is 19.8 Å². The summed E-state index contributed by atoms with van der Waals surface area (Å²) < 4.78 is 7.14. The van der Waals surface area contributed by atoms with Gasteiger partial charge in [0.2, 0.25) is 0 Å². The highest BCUT2D eigenvalue weighted by molar-refractivity contribution is 5.21. The zero-order valence-electron chi connectivity index (χ0n) is 11.6. The molecule has 20 heavy (non-hydrogen) atoms. The van der Waals surface area contributed by atoms with Crippen molar-refractivity contribution in [2.24, 2.45) is 5.92 Å². The number of nitrogens with one attached hydrogen (secondary N) is 1. The van der Waals surface area contributed by atoms with Crippen LogP contribution in [0.15, 0.2) is 15.8 Å². The Balaban J connectivity index is 1.96. The van der Waals surface area contributed by atoms with Crippen LogP contribution in [0.1, 0.15) is 38.2 Å². The molecule has 1 aromatic heterocycles. The minimum Gasteiger partial charge on any atom is -0.376 e. The summed E-state index contributed by atoms with van der Waals surface area (Å²) in [5.41, 5.74) is -1.21. The Labute approximate surface area is 117 Å². The van der Waals surface area contributed by atoms with E-state index in [1.54, 1.807) is 6.07 Å². The van der Waals surface area contributed by atoms with Crippen molar-refractivity contribution in [3.05, 3.63) is 32.6 Å². The van der Waals surface area contributed by atoms with Crippen molar-refractivity contribution >= 4 is 0 Å². The van der Waals surface area contributed by atoms with Gasteiger partial charge in [-0.3, -0.25) is 14.3 Å². The Morgan fingerprint density at radius 2 is 2.20 bits per heavy atom. The summed E-state index contributed by atoms with van der Waals surface area (Å²) in [7, 11) is 0. The molecule has 0 bridgehead atoms. The van der Waals surface area contributed by atoms with Crippen LogP contribution in [-0.4, -0.2) is 22.3 Å². The number of aromatic amines is 1. The number of rotatable bonds is 4. The molecule has 0 amide bonds. The van der Waals surface area contributed by atoms with Crippen LogP contribution in [0.25, 0.3) is 0 Å². The lowest BCUT2D eigenvalue weighted by molar-refractivity contribution is -0.00874. The highest BCUT2D eigenvalue weighted by Crippen LogP contribution is 2.26. The minimum absolute atomic E-state index is 0.0596. The molecule has 1 N–H and O–H groups in total. The van der Waals surface area contributed by atoms with Gasteiger partial charge in [0, 0.05) is 6.20 Å². The molecular weight excluding hydrogens is 258 g/mol. The van der Waals surface area contributed by atoms with Crippen LogP contribution in [0, 0.1) is 17.2 Å². The van der Waals surface area contributed by atoms with Crippen LogP contribution in [0.5, 0.6) is 0 Å². The van der Waals surface area contributed by atoms with Gasteiger partial charge in [-0.25, -0.2) is 4.79 Å². The average Bonchev–Trinajstić information content (AvgIpc) is 2.43. The van der Waals surface area contributed by atoms with Crippen LogP contribution in [0.2, 0.25) is 0 Å². The molecule has 0 aliphatic heterocycles. The molecular formula is C14H19N3O3. The lowest BCUT2D eigenvalue weighted by atomic mass is 9.88. The van der Waals surface area contributed by atoms with Crippen molar-refractivity contribution in [3.63, 3.8) is 0 Å². The van der Waals surface area contributed by atoms with E-state index in [1.807, 2.05) is 0 Å². The molecule has 2 atom stereocenters. The first-order valence-corrected chi connectivity index (χ1v) is 6.97. The van der Waals surface area contributed by atoms with E-state index in [9.17, 15) is 9.59 Å². The van der Waals surface area contributed by atoms with E-state index in [2.05, 4.69) is 11.9 Å². The second kappa shape index (κ2) is 6.53. The fraction of sp³-hybridized carbons (Fsp3) is 0.643. The molecule has 2 rings (SSSR count). The Morgan fingerprint density at radius 1 is 1.45 bits per heavy atom. The van der Waals surface area contributed by atoms with Crippen molar-refractivity contribution in [2.45, 2.75) is 45.3 Å². The third-order valence-electron chi connectivity index (χ3n) is 3.83. The molecule has 1 heterocycles. The van der Waals surface area contributed by atoms with Crippen molar-refractivity contribution in [2.75, 3.05) is 6.61 Å². The number of H-pyrrole nitrogens is 1. The number of ether oxygens (including phenoxy) is 1. The molecule has 108 valence electrons. The van der Waals surface area contributed by atoms with Crippen molar-refractivity contribution in [3.8, 4) is 6.07 Å². The van der Waals surface area contributed by atoms with Crippen LogP contribution >= 0.6 is 0 Å². The molecule has 6 heteroatoms. The van der Waals surface area contributed by atoms with Crippen molar-refractivity contribution in [1.29, 1.82) is 5.26 Å². The van der Waals surface area contributed by atoms with E-state index < -0.39 is 11.2 Å². The van der Waals surface area contributed by atoms with Gasteiger partial charge in [0.15, 0.2) is 0 Å². The fourth-order valence-corrected chi connectivity index (χ4v) is 2.59.